The van der Waals surface area contributed by atoms with Gasteiger partial charge in [-0.25, -0.2) is 0 Å². The molecule has 0 radical (unpaired) electrons. The zero-order valence-electron chi connectivity index (χ0n) is 17.1. The van der Waals surface area contributed by atoms with Crippen molar-refractivity contribution in [3.63, 3.8) is 0 Å². The molecule has 5 nitrogen and oxygen atoms in total. The molecule has 0 saturated heterocycles. The van der Waals surface area contributed by atoms with Crippen LogP contribution >= 0.6 is 0 Å². The molecule has 29 heavy (non-hydrogen) atoms. The number of amides is 1. The lowest BCUT2D eigenvalue weighted by molar-refractivity contribution is -0.131. The van der Waals surface area contributed by atoms with E-state index in [0.29, 0.717) is 19.4 Å². The van der Waals surface area contributed by atoms with Crippen molar-refractivity contribution >= 4 is 5.91 Å². The van der Waals surface area contributed by atoms with Crippen molar-refractivity contribution in [3.8, 4) is 17.0 Å². The first-order chi connectivity index (χ1) is 14.1. The number of hydrogen-bond donors (Lipinski definition) is 0. The number of carbonyl (C=O) groups excluding carboxylic acids is 1. The van der Waals surface area contributed by atoms with Crippen molar-refractivity contribution in [2.75, 3.05) is 13.7 Å². The predicted molar refractivity (Wildman–Crippen MR) is 114 cm³/mol. The van der Waals surface area contributed by atoms with E-state index in [4.69, 9.17) is 9.84 Å². The van der Waals surface area contributed by atoms with Gasteiger partial charge < -0.3 is 9.64 Å². The first kappa shape index (κ1) is 19.2. The average Bonchev–Trinajstić information content (AvgIpc) is 3.03. The van der Waals surface area contributed by atoms with Crippen molar-refractivity contribution in [1.29, 1.82) is 0 Å². The van der Waals surface area contributed by atoms with Crippen LogP contribution in [-0.4, -0.2) is 34.2 Å². The van der Waals surface area contributed by atoms with Crippen molar-refractivity contribution in [1.82, 2.24) is 14.7 Å². The van der Waals surface area contributed by atoms with E-state index >= 15 is 0 Å². The standard InChI is InChI=1S/C24H27N3O2/c1-18-7-5-9-20(15-18)22-16-21-17-26(13-6-14-27(21)25-22)24(28)12-11-19-8-3-4-10-23(19)29-2/h3-5,7-10,15-16H,6,11-14,17H2,1-2H3. The van der Waals surface area contributed by atoms with Gasteiger partial charge in [0.15, 0.2) is 0 Å². The van der Waals surface area contributed by atoms with Gasteiger partial charge in [0, 0.05) is 25.1 Å². The summed E-state index contributed by atoms with van der Waals surface area (Å²) in [7, 11) is 1.67. The number of ether oxygens (including phenoxy) is 1. The molecule has 3 aromatic rings. The number of carbonyl (C=O) groups is 1. The number of rotatable bonds is 5. The zero-order chi connectivity index (χ0) is 20.2. The fourth-order valence-corrected chi connectivity index (χ4v) is 3.93. The van der Waals surface area contributed by atoms with Gasteiger partial charge in [-0.2, -0.15) is 5.10 Å². The molecule has 1 aromatic heterocycles. The van der Waals surface area contributed by atoms with E-state index < -0.39 is 0 Å². The van der Waals surface area contributed by atoms with E-state index in [2.05, 4.69) is 41.9 Å². The van der Waals surface area contributed by atoms with E-state index in [1.165, 1.54) is 5.56 Å². The third kappa shape index (κ3) is 4.34. The number of fused-ring (bicyclic) bond motifs is 1. The normalized spacial score (nSPS) is 13.7. The molecule has 1 aliphatic rings. The number of para-hydroxylation sites is 1. The minimum Gasteiger partial charge on any atom is -0.496 e. The van der Waals surface area contributed by atoms with Crippen molar-refractivity contribution in [2.45, 2.75) is 39.3 Å². The number of aryl methyl sites for hydroxylation is 3. The second kappa shape index (κ2) is 8.52. The van der Waals surface area contributed by atoms with Crippen LogP contribution < -0.4 is 4.74 Å². The lowest BCUT2D eigenvalue weighted by atomic mass is 10.1. The molecule has 0 fully saturated rings. The third-order valence-corrected chi connectivity index (χ3v) is 5.48. The summed E-state index contributed by atoms with van der Waals surface area (Å²) in [5, 5.41) is 4.79. The first-order valence-electron chi connectivity index (χ1n) is 10.2. The lowest BCUT2D eigenvalue weighted by Gasteiger charge is -2.20. The number of hydrogen-bond acceptors (Lipinski definition) is 3. The number of nitrogens with zero attached hydrogens (tertiary/aromatic N) is 3. The van der Waals surface area contributed by atoms with Crippen LogP contribution in [0.5, 0.6) is 5.75 Å². The second-order valence-corrected chi connectivity index (χ2v) is 7.59. The fourth-order valence-electron chi connectivity index (χ4n) is 3.93. The van der Waals surface area contributed by atoms with Crippen LogP contribution in [0.3, 0.4) is 0 Å². The van der Waals surface area contributed by atoms with Gasteiger partial charge in [0.05, 0.1) is 25.0 Å². The summed E-state index contributed by atoms with van der Waals surface area (Å²) >= 11 is 0. The molecule has 1 aliphatic heterocycles. The molecule has 0 spiro atoms. The summed E-state index contributed by atoms with van der Waals surface area (Å²) in [5.41, 5.74) is 5.50. The van der Waals surface area contributed by atoms with E-state index in [9.17, 15) is 4.79 Å². The molecule has 2 aromatic carbocycles. The Hall–Kier alpha value is -3.08. The highest BCUT2D eigenvalue weighted by Crippen LogP contribution is 2.24. The topological polar surface area (TPSA) is 47.4 Å². The van der Waals surface area contributed by atoms with Gasteiger partial charge >= 0.3 is 0 Å². The Morgan fingerprint density at radius 1 is 1.10 bits per heavy atom. The second-order valence-electron chi connectivity index (χ2n) is 7.59. The van der Waals surface area contributed by atoms with E-state index in [0.717, 1.165) is 47.8 Å². The van der Waals surface area contributed by atoms with Crippen LogP contribution in [0.15, 0.2) is 54.6 Å². The van der Waals surface area contributed by atoms with Gasteiger partial charge in [-0.15, -0.1) is 0 Å². The van der Waals surface area contributed by atoms with Crippen LogP contribution in [0.4, 0.5) is 0 Å². The Labute approximate surface area is 171 Å². The maximum Gasteiger partial charge on any atom is 0.223 e. The average molecular weight is 389 g/mol. The minimum atomic E-state index is 0.183. The molecular weight excluding hydrogens is 362 g/mol. The molecule has 150 valence electrons. The van der Waals surface area contributed by atoms with Gasteiger partial charge in [0.1, 0.15) is 5.75 Å². The molecule has 2 heterocycles. The zero-order valence-corrected chi connectivity index (χ0v) is 17.1. The summed E-state index contributed by atoms with van der Waals surface area (Å²) in [6, 6.07) is 18.4. The fraction of sp³-hybridized carbons (Fsp3) is 0.333. The van der Waals surface area contributed by atoms with E-state index in [1.54, 1.807) is 7.11 Å². The highest BCUT2D eigenvalue weighted by molar-refractivity contribution is 5.76. The molecule has 0 atom stereocenters. The molecule has 0 aliphatic carbocycles. The highest BCUT2D eigenvalue weighted by Gasteiger charge is 2.21. The van der Waals surface area contributed by atoms with E-state index in [-0.39, 0.29) is 5.91 Å². The van der Waals surface area contributed by atoms with Crippen LogP contribution in [0, 0.1) is 6.92 Å². The molecule has 0 N–H and O–H groups in total. The summed E-state index contributed by atoms with van der Waals surface area (Å²) in [6.45, 7) is 4.32. The molecule has 5 heteroatoms. The Balaban J connectivity index is 1.46. The number of aromatic nitrogens is 2. The molecule has 0 saturated carbocycles. The van der Waals surface area contributed by atoms with Crippen molar-refractivity contribution in [3.05, 3.63) is 71.4 Å². The van der Waals surface area contributed by atoms with Crippen molar-refractivity contribution in [2.24, 2.45) is 0 Å². The highest BCUT2D eigenvalue weighted by atomic mass is 16.5. The Morgan fingerprint density at radius 3 is 2.79 bits per heavy atom. The lowest BCUT2D eigenvalue weighted by Crippen LogP contribution is -2.30. The van der Waals surface area contributed by atoms with Gasteiger partial charge in [-0.05, 0) is 43.5 Å². The summed E-state index contributed by atoms with van der Waals surface area (Å²) < 4.78 is 7.47. The number of methoxy groups -OCH3 is 1. The summed E-state index contributed by atoms with van der Waals surface area (Å²) in [5.74, 6) is 1.03. The van der Waals surface area contributed by atoms with Gasteiger partial charge in [-0.3, -0.25) is 9.48 Å². The molecule has 0 unspecified atom stereocenters. The first-order valence-corrected chi connectivity index (χ1v) is 10.2. The minimum absolute atomic E-state index is 0.183. The summed E-state index contributed by atoms with van der Waals surface area (Å²) in [6.07, 6.45) is 2.09. The van der Waals surface area contributed by atoms with Crippen LogP contribution in [0.2, 0.25) is 0 Å². The van der Waals surface area contributed by atoms with Crippen LogP contribution in [-0.2, 0) is 24.3 Å². The molecule has 0 bridgehead atoms. The largest absolute Gasteiger partial charge is 0.496 e. The predicted octanol–water partition coefficient (Wildman–Crippen LogP) is 4.23. The molecule has 1 amide bonds. The SMILES string of the molecule is COc1ccccc1CCC(=O)N1CCCn2nc(-c3cccc(C)c3)cc2C1. The number of benzene rings is 2. The summed E-state index contributed by atoms with van der Waals surface area (Å²) in [4.78, 5) is 14.9. The van der Waals surface area contributed by atoms with Crippen LogP contribution in [0.1, 0.15) is 29.7 Å². The smallest absolute Gasteiger partial charge is 0.223 e. The molecule has 4 rings (SSSR count). The van der Waals surface area contributed by atoms with Crippen LogP contribution in [0.25, 0.3) is 11.3 Å². The third-order valence-electron chi connectivity index (χ3n) is 5.48. The monoisotopic (exact) mass is 389 g/mol. The van der Waals surface area contributed by atoms with Gasteiger partial charge in [0.2, 0.25) is 5.91 Å². The Morgan fingerprint density at radius 2 is 1.97 bits per heavy atom. The Kier molecular flexibility index (Phi) is 5.65. The maximum atomic E-state index is 12.9. The van der Waals surface area contributed by atoms with Gasteiger partial charge in [0.25, 0.3) is 0 Å². The maximum absolute atomic E-state index is 12.9. The Bertz CT molecular complexity index is 1010. The van der Waals surface area contributed by atoms with Crippen molar-refractivity contribution < 1.29 is 9.53 Å². The quantitative estimate of drug-likeness (QED) is 0.656. The van der Waals surface area contributed by atoms with E-state index in [1.807, 2.05) is 29.2 Å². The molecular formula is C24H27N3O2. The van der Waals surface area contributed by atoms with Gasteiger partial charge in [-0.1, -0.05) is 42.0 Å².